The number of amides is 2. The summed E-state index contributed by atoms with van der Waals surface area (Å²) in [6.07, 6.45) is 0.881. The minimum Gasteiger partial charge on any atom is -0.507 e. The number of aromatic hydroxyl groups is 1. The molecule has 2 aromatic rings. The SMILES string of the molecule is Cc1ccccc1NC(=O)CC(=O)N/N=C/c1cc(Cl)ccc1O. The van der Waals surface area contributed by atoms with E-state index in [-0.39, 0.29) is 12.2 Å². The molecule has 0 saturated carbocycles. The van der Waals surface area contributed by atoms with E-state index in [1.54, 1.807) is 12.1 Å². The topological polar surface area (TPSA) is 90.8 Å². The Balaban J connectivity index is 1.87. The van der Waals surface area contributed by atoms with Gasteiger partial charge in [-0.2, -0.15) is 5.10 Å². The van der Waals surface area contributed by atoms with Gasteiger partial charge in [-0.15, -0.1) is 0 Å². The van der Waals surface area contributed by atoms with Gasteiger partial charge in [0.1, 0.15) is 12.2 Å². The maximum atomic E-state index is 11.8. The number of phenolic OH excluding ortho intramolecular Hbond substituents is 1. The van der Waals surface area contributed by atoms with Gasteiger partial charge in [-0.1, -0.05) is 29.8 Å². The van der Waals surface area contributed by atoms with Crippen LogP contribution in [0.25, 0.3) is 0 Å². The molecule has 0 heterocycles. The average Bonchev–Trinajstić information content (AvgIpc) is 2.53. The highest BCUT2D eigenvalue weighted by atomic mass is 35.5. The van der Waals surface area contributed by atoms with Crippen LogP contribution in [0.5, 0.6) is 5.75 Å². The van der Waals surface area contributed by atoms with Gasteiger partial charge in [0, 0.05) is 16.3 Å². The van der Waals surface area contributed by atoms with E-state index in [2.05, 4.69) is 15.8 Å². The van der Waals surface area contributed by atoms with Crippen molar-refractivity contribution in [1.29, 1.82) is 0 Å². The van der Waals surface area contributed by atoms with Gasteiger partial charge in [0.05, 0.1) is 6.21 Å². The zero-order chi connectivity index (χ0) is 17.5. The van der Waals surface area contributed by atoms with Crippen LogP contribution in [-0.2, 0) is 9.59 Å². The second kappa shape index (κ2) is 8.12. The number of rotatable bonds is 5. The van der Waals surface area contributed by atoms with Crippen LogP contribution in [0, 0.1) is 6.92 Å². The van der Waals surface area contributed by atoms with Crippen molar-refractivity contribution in [2.45, 2.75) is 13.3 Å². The molecule has 0 atom stereocenters. The van der Waals surface area contributed by atoms with E-state index in [1.165, 1.54) is 24.4 Å². The lowest BCUT2D eigenvalue weighted by Gasteiger charge is -2.07. The summed E-state index contributed by atoms with van der Waals surface area (Å²) >= 11 is 5.80. The maximum Gasteiger partial charge on any atom is 0.249 e. The lowest BCUT2D eigenvalue weighted by molar-refractivity contribution is -0.126. The first kappa shape index (κ1) is 17.5. The molecule has 0 aliphatic heterocycles. The Morgan fingerprint density at radius 2 is 1.96 bits per heavy atom. The second-order valence-corrected chi connectivity index (χ2v) is 5.47. The molecule has 2 rings (SSSR count). The normalized spacial score (nSPS) is 10.6. The van der Waals surface area contributed by atoms with Crippen molar-refractivity contribution in [2.75, 3.05) is 5.32 Å². The number of aryl methyl sites for hydroxylation is 1. The van der Waals surface area contributed by atoms with E-state index in [9.17, 15) is 14.7 Å². The Bertz CT molecular complexity index is 790. The molecule has 0 unspecified atom stereocenters. The highest BCUT2D eigenvalue weighted by Gasteiger charge is 2.10. The lowest BCUT2D eigenvalue weighted by Crippen LogP contribution is -2.24. The summed E-state index contributed by atoms with van der Waals surface area (Å²) in [6, 6.07) is 11.7. The number of hydrogen-bond acceptors (Lipinski definition) is 4. The van der Waals surface area contributed by atoms with E-state index in [0.717, 1.165) is 5.56 Å². The number of hydrazone groups is 1. The van der Waals surface area contributed by atoms with Crippen molar-refractivity contribution in [2.24, 2.45) is 5.10 Å². The zero-order valence-electron chi connectivity index (χ0n) is 12.9. The summed E-state index contributed by atoms with van der Waals surface area (Å²) in [6.45, 7) is 1.86. The molecule has 0 radical (unpaired) electrons. The number of para-hydroxylation sites is 1. The van der Waals surface area contributed by atoms with Crippen molar-refractivity contribution in [3.63, 3.8) is 0 Å². The van der Waals surface area contributed by atoms with Crippen molar-refractivity contribution in [3.05, 3.63) is 58.6 Å². The molecule has 2 aromatic carbocycles. The number of halogens is 1. The summed E-state index contributed by atoms with van der Waals surface area (Å²) in [5.41, 5.74) is 4.14. The van der Waals surface area contributed by atoms with Crippen LogP contribution in [0.15, 0.2) is 47.6 Å². The van der Waals surface area contributed by atoms with Gasteiger partial charge in [-0.05, 0) is 36.8 Å². The van der Waals surface area contributed by atoms with Gasteiger partial charge >= 0.3 is 0 Å². The molecular formula is C17H16ClN3O3. The summed E-state index contributed by atoms with van der Waals surface area (Å²) in [5, 5.41) is 16.4. The number of hydrogen-bond donors (Lipinski definition) is 3. The highest BCUT2D eigenvalue weighted by Crippen LogP contribution is 2.19. The number of phenols is 1. The number of benzene rings is 2. The highest BCUT2D eigenvalue weighted by molar-refractivity contribution is 6.30. The van der Waals surface area contributed by atoms with Crippen molar-refractivity contribution in [3.8, 4) is 5.75 Å². The molecule has 6 nitrogen and oxygen atoms in total. The van der Waals surface area contributed by atoms with Crippen LogP contribution in [0.2, 0.25) is 5.02 Å². The number of nitrogens with one attached hydrogen (secondary N) is 2. The first-order valence-corrected chi connectivity index (χ1v) is 7.49. The Morgan fingerprint density at radius 1 is 1.21 bits per heavy atom. The van der Waals surface area contributed by atoms with E-state index in [1.807, 2.05) is 19.1 Å². The third-order valence-corrected chi connectivity index (χ3v) is 3.36. The quantitative estimate of drug-likeness (QED) is 0.442. The molecule has 24 heavy (non-hydrogen) atoms. The van der Waals surface area contributed by atoms with Gasteiger partial charge in [0.25, 0.3) is 0 Å². The van der Waals surface area contributed by atoms with E-state index < -0.39 is 11.8 Å². The Hall–Kier alpha value is -2.86. The average molecular weight is 346 g/mol. The minimum absolute atomic E-state index is 0.0188. The van der Waals surface area contributed by atoms with Crippen LogP contribution in [0.3, 0.4) is 0 Å². The Kier molecular flexibility index (Phi) is 5.92. The van der Waals surface area contributed by atoms with Gasteiger partial charge < -0.3 is 10.4 Å². The largest absolute Gasteiger partial charge is 0.507 e. The van der Waals surface area contributed by atoms with E-state index in [0.29, 0.717) is 16.3 Å². The molecule has 0 spiro atoms. The van der Waals surface area contributed by atoms with Crippen LogP contribution < -0.4 is 10.7 Å². The summed E-state index contributed by atoms with van der Waals surface area (Å²) in [4.78, 5) is 23.5. The smallest absolute Gasteiger partial charge is 0.249 e. The van der Waals surface area contributed by atoms with E-state index >= 15 is 0 Å². The summed E-state index contributed by atoms with van der Waals surface area (Å²) in [7, 11) is 0. The summed E-state index contributed by atoms with van der Waals surface area (Å²) in [5.74, 6) is -1.03. The van der Waals surface area contributed by atoms with Crippen molar-refractivity contribution in [1.82, 2.24) is 5.43 Å². The third kappa shape index (κ3) is 5.10. The molecule has 7 heteroatoms. The van der Waals surface area contributed by atoms with Crippen LogP contribution in [-0.4, -0.2) is 23.1 Å². The molecular weight excluding hydrogens is 330 g/mol. The third-order valence-electron chi connectivity index (χ3n) is 3.12. The van der Waals surface area contributed by atoms with Gasteiger partial charge in [0.2, 0.25) is 11.8 Å². The van der Waals surface area contributed by atoms with Crippen molar-refractivity contribution < 1.29 is 14.7 Å². The first-order chi connectivity index (χ1) is 11.5. The van der Waals surface area contributed by atoms with Gasteiger partial charge in [-0.3, -0.25) is 9.59 Å². The second-order valence-electron chi connectivity index (χ2n) is 5.04. The minimum atomic E-state index is -0.571. The Morgan fingerprint density at radius 3 is 2.71 bits per heavy atom. The van der Waals surface area contributed by atoms with Crippen LogP contribution in [0.4, 0.5) is 5.69 Å². The molecule has 0 aromatic heterocycles. The van der Waals surface area contributed by atoms with E-state index in [4.69, 9.17) is 11.6 Å². The molecule has 0 aliphatic rings. The number of carbonyl (C=O) groups excluding carboxylic acids is 2. The number of nitrogens with zero attached hydrogens (tertiary/aromatic N) is 1. The van der Waals surface area contributed by atoms with Gasteiger partial charge in [-0.25, -0.2) is 5.43 Å². The zero-order valence-corrected chi connectivity index (χ0v) is 13.7. The molecule has 2 amide bonds. The maximum absolute atomic E-state index is 11.8. The predicted molar refractivity (Wildman–Crippen MR) is 93.3 cm³/mol. The fourth-order valence-electron chi connectivity index (χ4n) is 1.90. The molecule has 0 aliphatic carbocycles. The standard InChI is InChI=1S/C17H16ClN3O3/c1-11-4-2-3-5-14(11)20-16(23)9-17(24)21-19-10-12-8-13(18)6-7-15(12)22/h2-8,10,22H,9H2,1H3,(H,20,23)(H,21,24)/b19-10+. The fourth-order valence-corrected chi connectivity index (χ4v) is 2.08. The number of anilines is 1. The van der Waals surface area contributed by atoms with Crippen molar-refractivity contribution >= 4 is 35.3 Å². The number of carbonyl (C=O) groups is 2. The lowest BCUT2D eigenvalue weighted by atomic mass is 10.2. The summed E-state index contributed by atoms with van der Waals surface area (Å²) < 4.78 is 0. The predicted octanol–water partition coefficient (Wildman–Crippen LogP) is 2.83. The molecule has 0 saturated heterocycles. The van der Waals surface area contributed by atoms with Crippen LogP contribution in [0.1, 0.15) is 17.5 Å². The first-order valence-electron chi connectivity index (χ1n) is 7.11. The fraction of sp³-hybridized carbons (Fsp3) is 0.118. The molecule has 3 N–H and O–H groups in total. The monoisotopic (exact) mass is 345 g/mol. The molecule has 0 fully saturated rings. The van der Waals surface area contributed by atoms with Gasteiger partial charge in [0.15, 0.2) is 0 Å². The Labute approximate surface area is 144 Å². The molecule has 124 valence electrons. The van der Waals surface area contributed by atoms with Crippen LogP contribution >= 0.6 is 11.6 Å². The molecule has 0 bridgehead atoms.